The van der Waals surface area contributed by atoms with Crippen LogP contribution in [0.3, 0.4) is 0 Å². The molecule has 0 saturated heterocycles. The number of nitrogens with two attached hydrogens (primary N) is 1. The van der Waals surface area contributed by atoms with E-state index in [1.54, 1.807) is 23.3 Å². The van der Waals surface area contributed by atoms with Gasteiger partial charge < -0.3 is 21.1 Å². The van der Waals surface area contributed by atoms with E-state index < -0.39 is 0 Å². The van der Waals surface area contributed by atoms with E-state index >= 15 is 0 Å². The molecular weight excluding hydrogens is 442 g/mol. The Morgan fingerprint density at radius 1 is 1.31 bits per heavy atom. The SMILES string of the molecule is C=CC(=O)Nc1cc(-c2c(-c3cnn(C)c3)[nH]c3ncc(/C(C=NCCO)=C/N)cc23)ccc1C. The fourth-order valence-electron chi connectivity index (χ4n) is 3.83. The van der Waals surface area contributed by atoms with E-state index in [2.05, 4.69) is 32.0 Å². The molecule has 0 atom stereocenters. The van der Waals surface area contributed by atoms with Crippen LogP contribution in [0.1, 0.15) is 11.1 Å². The molecule has 0 radical (unpaired) electrons. The van der Waals surface area contributed by atoms with Crippen LogP contribution in [-0.4, -0.2) is 50.1 Å². The fraction of sp³-hybridized carbons (Fsp3) is 0.154. The van der Waals surface area contributed by atoms with Gasteiger partial charge in [-0.15, -0.1) is 0 Å². The van der Waals surface area contributed by atoms with Crippen molar-refractivity contribution in [3.63, 3.8) is 0 Å². The van der Waals surface area contributed by atoms with E-state index in [0.717, 1.165) is 38.9 Å². The number of hydrogen-bond acceptors (Lipinski definition) is 6. The van der Waals surface area contributed by atoms with Crippen molar-refractivity contribution in [2.45, 2.75) is 6.92 Å². The number of hydrogen-bond donors (Lipinski definition) is 4. The molecule has 0 fully saturated rings. The molecule has 0 bridgehead atoms. The summed E-state index contributed by atoms with van der Waals surface area (Å²) in [5, 5.41) is 17.1. The van der Waals surface area contributed by atoms with Crippen LogP contribution in [0.5, 0.6) is 0 Å². The van der Waals surface area contributed by atoms with Crippen LogP contribution in [0.25, 0.3) is 39.0 Å². The quantitative estimate of drug-likeness (QED) is 0.232. The van der Waals surface area contributed by atoms with E-state index in [0.29, 0.717) is 16.9 Å². The van der Waals surface area contributed by atoms with E-state index in [4.69, 9.17) is 10.8 Å². The zero-order valence-corrected chi connectivity index (χ0v) is 19.6. The lowest BCUT2D eigenvalue weighted by Gasteiger charge is -2.11. The minimum absolute atomic E-state index is 0.0415. The summed E-state index contributed by atoms with van der Waals surface area (Å²) in [6, 6.07) is 7.91. The van der Waals surface area contributed by atoms with Crippen molar-refractivity contribution in [3.05, 3.63) is 72.8 Å². The van der Waals surface area contributed by atoms with Gasteiger partial charge in [-0.05, 0) is 36.3 Å². The van der Waals surface area contributed by atoms with Crippen LogP contribution in [0.4, 0.5) is 5.69 Å². The van der Waals surface area contributed by atoms with Gasteiger partial charge in [-0.2, -0.15) is 5.10 Å². The van der Waals surface area contributed by atoms with Crippen LogP contribution >= 0.6 is 0 Å². The number of pyridine rings is 1. The summed E-state index contributed by atoms with van der Waals surface area (Å²) in [5.74, 6) is -0.277. The van der Waals surface area contributed by atoms with Crippen LogP contribution in [-0.2, 0) is 11.8 Å². The zero-order valence-electron chi connectivity index (χ0n) is 19.6. The van der Waals surface area contributed by atoms with Gasteiger partial charge in [-0.1, -0.05) is 18.7 Å². The highest BCUT2D eigenvalue weighted by Crippen LogP contribution is 2.39. The second-order valence-electron chi connectivity index (χ2n) is 8.00. The average molecular weight is 470 g/mol. The monoisotopic (exact) mass is 469 g/mol. The molecule has 4 aromatic rings. The minimum atomic E-state index is -0.277. The molecule has 4 rings (SSSR count). The summed E-state index contributed by atoms with van der Waals surface area (Å²) >= 11 is 0. The second-order valence-corrected chi connectivity index (χ2v) is 8.00. The largest absolute Gasteiger partial charge is 0.404 e. The Labute approximate surface area is 202 Å². The third kappa shape index (κ3) is 4.90. The molecule has 9 heteroatoms. The first-order chi connectivity index (χ1) is 16.9. The van der Waals surface area contributed by atoms with Crippen molar-refractivity contribution >= 4 is 34.4 Å². The predicted octanol–water partition coefficient (Wildman–Crippen LogP) is 3.43. The molecule has 0 aliphatic heterocycles. The first kappa shape index (κ1) is 23.7. The first-order valence-electron chi connectivity index (χ1n) is 11.0. The van der Waals surface area contributed by atoms with Crippen molar-refractivity contribution in [2.75, 3.05) is 18.5 Å². The third-order valence-electron chi connectivity index (χ3n) is 5.59. The normalized spacial score (nSPS) is 11.9. The van der Waals surface area contributed by atoms with E-state index in [-0.39, 0.29) is 19.1 Å². The molecule has 1 aromatic carbocycles. The van der Waals surface area contributed by atoms with Crippen molar-refractivity contribution in [2.24, 2.45) is 17.8 Å². The highest BCUT2D eigenvalue weighted by Gasteiger charge is 2.19. The maximum atomic E-state index is 12.0. The number of aromatic nitrogens is 4. The number of aliphatic hydroxyl groups excluding tert-OH is 1. The van der Waals surface area contributed by atoms with Crippen molar-refractivity contribution in [1.82, 2.24) is 19.7 Å². The van der Waals surface area contributed by atoms with E-state index in [9.17, 15) is 4.79 Å². The number of aromatic amines is 1. The van der Waals surface area contributed by atoms with E-state index in [1.807, 2.05) is 44.4 Å². The van der Waals surface area contributed by atoms with Gasteiger partial charge >= 0.3 is 0 Å². The van der Waals surface area contributed by atoms with Gasteiger partial charge in [0.2, 0.25) is 5.91 Å². The van der Waals surface area contributed by atoms with Crippen LogP contribution < -0.4 is 11.1 Å². The highest BCUT2D eigenvalue weighted by molar-refractivity contribution is 6.12. The molecule has 5 N–H and O–H groups in total. The average Bonchev–Trinajstić information content (AvgIpc) is 3.46. The number of aryl methyl sites for hydroxylation is 2. The lowest BCUT2D eigenvalue weighted by molar-refractivity contribution is -0.111. The summed E-state index contributed by atoms with van der Waals surface area (Å²) in [5.41, 5.74) is 13.2. The lowest BCUT2D eigenvalue weighted by atomic mass is 9.97. The number of aliphatic hydroxyl groups is 1. The molecule has 0 aliphatic rings. The summed E-state index contributed by atoms with van der Waals surface area (Å²) in [4.78, 5) is 24.3. The zero-order chi connectivity index (χ0) is 24.9. The van der Waals surface area contributed by atoms with Gasteiger partial charge in [0.25, 0.3) is 0 Å². The maximum Gasteiger partial charge on any atom is 0.247 e. The molecule has 0 spiro atoms. The molecule has 3 aromatic heterocycles. The number of aliphatic imine (C=N–C) groups is 1. The van der Waals surface area contributed by atoms with Gasteiger partial charge in [0, 0.05) is 65.2 Å². The number of nitrogens with one attached hydrogen (secondary N) is 2. The highest BCUT2D eigenvalue weighted by atomic mass is 16.3. The van der Waals surface area contributed by atoms with Crippen molar-refractivity contribution in [3.8, 4) is 22.4 Å². The molecular formula is C26H27N7O2. The summed E-state index contributed by atoms with van der Waals surface area (Å²) in [7, 11) is 1.86. The number of allylic oxidation sites excluding steroid dienone is 1. The van der Waals surface area contributed by atoms with Gasteiger partial charge in [0.1, 0.15) is 5.65 Å². The van der Waals surface area contributed by atoms with Gasteiger partial charge in [-0.25, -0.2) is 4.98 Å². The molecule has 178 valence electrons. The number of rotatable bonds is 8. The fourth-order valence-corrected chi connectivity index (χ4v) is 3.83. The Balaban J connectivity index is 1.93. The number of carbonyl (C=O) groups is 1. The van der Waals surface area contributed by atoms with Crippen LogP contribution in [0.2, 0.25) is 0 Å². The Kier molecular flexibility index (Phi) is 6.88. The number of nitrogens with zero attached hydrogens (tertiary/aromatic N) is 4. The maximum absolute atomic E-state index is 12.0. The smallest absolute Gasteiger partial charge is 0.247 e. The summed E-state index contributed by atoms with van der Waals surface area (Å²) in [6.45, 7) is 5.72. The number of fused-ring (bicyclic) bond motifs is 1. The Morgan fingerprint density at radius 2 is 2.14 bits per heavy atom. The van der Waals surface area contributed by atoms with E-state index in [1.165, 1.54) is 12.3 Å². The molecule has 9 nitrogen and oxygen atoms in total. The molecule has 0 saturated carbocycles. The number of anilines is 1. The number of H-pyrrole nitrogens is 1. The first-order valence-corrected chi connectivity index (χ1v) is 11.0. The van der Waals surface area contributed by atoms with Gasteiger partial charge in [0.05, 0.1) is 25.0 Å². The third-order valence-corrected chi connectivity index (χ3v) is 5.59. The molecule has 0 unspecified atom stereocenters. The van der Waals surface area contributed by atoms with Gasteiger partial charge in [-0.3, -0.25) is 14.5 Å². The lowest BCUT2D eigenvalue weighted by Crippen LogP contribution is -2.08. The molecule has 0 aliphatic carbocycles. The van der Waals surface area contributed by atoms with Gasteiger partial charge in [0.15, 0.2) is 0 Å². The minimum Gasteiger partial charge on any atom is -0.404 e. The van der Waals surface area contributed by atoms with Crippen LogP contribution in [0, 0.1) is 6.92 Å². The topological polar surface area (TPSA) is 134 Å². The Morgan fingerprint density at radius 3 is 2.83 bits per heavy atom. The predicted molar refractivity (Wildman–Crippen MR) is 140 cm³/mol. The number of benzene rings is 1. The molecule has 35 heavy (non-hydrogen) atoms. The number of carbonyl (C=O) groups excluding carboxylic acids is 1. The number of amides is 1. The summed E-state index contributed by atoms with van der Waals surface area (Å²) < 4.78 is 1.74. The van der Waals surface area contributed by atoms with Crippen molar-refractivity contribution < 1.29 is 9.90 Å². The molecule has 3 heterocycles. The summed E-state index contributed by atoms with van der Waals surface area (Å²) in [6.07, 6.45) is 9.78. The Hall–Kier alpha value is -4.50. The Bertz CT molecular complexity index is 1460. The molecule has 1 amide bonds. The standard InChI is InChI=1S/C26H27N7O2/c1-4-23(35)31-22-10-17(6-5-16(22)2)24-21-9-18(19(11-27)12-28-7-8-34)13-29-26(21)32-25(24)20-14-30-33(3)15-20/h4-6,9-15,34H,1,7-8,27H2,2-3H3,(H,29,32)(H,31,35)/b19-11+,28-12?. The van der Waals surface area contributed by atoms with Crippen LogP contribution in [0.15, 0.2) is 66.7 Å². The van der Waals surface area contributed by atoms with Crippen molar-refractivity contribution in [1.29, 1.82) is 0 Å². The second kappa shape index (κ2) is 10.2.